The molecule has 2 fully saturated rings. The first-order valence-electron chi connectivity index (χ1n) is 14.3. The van der Waals surface area contributed by atoms with Crippen molar-refractivity contribution in [2.75, 3.05) is 13.2 Å². The van der Waals surface area contributed by atoms with E-state index in [-0.39, 0.29) is 18.3 Å². The number of carbonyl (C=O) groups excluding carboxylic acids is 2. The van der Waals surface area contributed by atoms with E-state index in [2.05, 4.69) is 61.7 Å². The summed E-state index contributed by atoms with van der Waals surface area (Å²) >= 11 is 0. The highest BCUT2D eigenvalue weighted by atomic mass is 28.4. The van der Waals surface area contributed by atoms with Crippen LogP contribution in [0.2, 0.25) is 16.6 Å². The molecule has 248 valence electrons. The minimum Gasteiger partial charge on any atom is -0.413 e. The molecule has 2 aromatic rings. The Morgan fingerprint density at radius 2 is 1.18 bits per heavy atom. The second-order valence-electron chi connectivity index (χ2n) is 11.7. The predicted octanol–water partition coefficient (Wildman–Crippen LogP) is -1.82. The van der Waals surface area contributed by atoms with E-state index in [9.17, 15) is 30.0 Å². The van der Waals surface area contributed by atoms with Gasteiger partial charge in [0.25, 0.3) is 11.8 Å². The normalized spacial score (nSPS) is 29.0. The molecule has 0 aromatic carbocycles. The monoisotopic (exact) mass is 644 g/mol. The van der Waals surface area contributed by atoms with E-state index in [1.54, 1.807) is 0 Å². The fourth-order valence-corrected chi connectivity index (χ4v) is 11.4. The SMILES string of the molecule is CC(C)[Si](OC[C@@H]1O[C@H](n2cnc(C(N)=O)n2)[C@@H](O)[C@H]1O)(C(C)C)C(C)C.NC(=O)c1ncn([C@H]2O[C@@H](CO)[C@H](O)[C@@H]2O)n1. The summed E-state index contributed by atoms with van der Waals surface area (Å²) in [5, 5.41) is 56.5. The molecule has 2 aliphatic heterocycles. The average molecular weight is 645 g/mol. The van der Waals surface area contributed by atoms with Crippen molar-refractivity contribution < 1.29 is 49.0 Å². The molecule has 0 saturated carbocycles. The van der Waals surface area contributed by atoms with Gasteiger partial charge in [-0.3, -0.25) is 9.59 Å². The molecule has 4 rings (SSSR count). The Labute approximate surface area is 255 Å². The summed E-state index contributed by atoms with van der Waals surface area (Å²) < 4.78 is 19.7. The van der Waals surface area contributed by atoms with Crippen LogP contribution in [-0.2, 0) is 13.9 Å². The quantitative estimate of drug-likeness (QED) is 0.133. The van der Waals surface area contributed by atoms with E-state index in [1.165, 1.54) is 11.0 Å². The van der Waals surface area contributed by atoms with Crippen LogP contribution in [0, 0.1) is 0 Å². The summed E-state index contributed by atoms with van der Waals surface area (Å²) in [6.07, 6.45) is -6.01. The summed E-state index contributed by atoms with van der Waals surface area (Å²) in [6.45, 7) is 12.8. The Bertz CT molecular complexity index is 1240. The Morgan fingerprint density at radius 3 is 1.50 bits per heavy atom. The molecule has 0 radical (unpaired) electrons. The molecule has 4 heterocycles. The molecule has 2 amide bonds. The highest BCUT2D eigenvalue weighted by molar-refractivity contribution is 6.77. The third kappa shape index (κ3) is 7.16. The number of nitrogens with zero attached hydrogens (tertiary/aromatic N) is 6. The van der Waals surface area contributed by atoms with Crippen LogP contribution in [0.4, 0.5) is 0 Å². The van der Waals surface area contributed by atoms with Gasteiger partial charge in [-0.15, -0.1) is 10.2 Å². The molecule has 44 heavy (non-hydrogen) atoms. The second-order valence-corrected chi connectivity index (χ2v) is 17.2. The first-order valence-corrected chi connectivity index (χ1v) is 16.4. The molecular formula is C25H44N8O10Si. The summed E-state index contributed by atoms with van der Waals surface area (Å²) in [6, 6.07) is 0. The molecule has 2 aromatic heterocycles. The molecule has 19 heteroatoms. The standard InChI is InChI=1S/C17H32N4O5Si.C8H12N4O5/c1-9(2)27(10(3)4,11(5)6)25-7-12-13(22)14(23)17(26-12)21-8-19-16(20-21)15(18)24;9-6(16)7-10-2-12(11-7)8-5(15)4(14)3(1-13)17-8/h8-14,17,22-23H,7H2,1-6H3,(H2,18,24);2-5,8,13-15H,1H2,(H2,9,16)/t12-,13-,14-,17-;3-,4-,5-,8-/m00/s1. The van der Waals surface area contributed by atoms with Gasteiger partial charge in [0.2, 0.25) is 11.6 Å². The van der Waals surface area contributed by atoms with Gasteiger partial charge in [0, 0.05) is 0 Å². The molecule has 0 unspecified atom stereocenters. The van der Waals surface area contributed by atoms with Crippen molar-refractivity contribution in [1.29, 1.82) is 0 Å². The van der Waals surface area contributed by atoms with Crippen molar-refractivity contribution in [3.8, 4) is 0 Å². The van der Waals surface area contributed by atoms with Crippen molar-refractivity contribution in [3.05, 3.63) is 24.3 Å². The number of hydrogen-bond donors (Lipinski definition) is 7. The number of hydrogen-bond acceptors (Lipinski definition) is 14. The number of rotatable bonds is 11. The lowest BCUT2D eigenvalue weighted by Crippen LogP contribution is -2.50. The lowest BCUT2D eigenvalue weighted by Gasteiger charge is -2.42. The van der Waals surface area contributed by atoms with Gasteiger partial charge in [-0.2, -0.15) is 0 Å². The van der Waals surface area contributed by atoms with Crippen molar-refractivity contribution in [2.24, 2.45) is 11.5 Å². The highest BCUT2D eigenvalue weighted by Gasteiger charge is 2.49. The molecule has 9 N–H and O–H groups in total. The number of nitrogens with two attached hydrogens (primary N) is 2. The third-order valence-corrected chi connectivity index (χ3v) is 14.1. The Morgan fingerprint density at radius 1 is 0.795 bits per heavy atom. The van der Waals surface area contributed by atoms with Crippen LogP contribution in [-0.4, -0.2) is 125 Å². The van der Waals surface area contributed by atoms with Crippen molar-refractivity contribution in [2.45, 2.75) is 107 Å². The summed E-state index contributed by atoms with van der Waals surface area (Å²) in [7, 11) is -2.13. The Hall–Kier alpha value is -2.88. The molecule has 2 aliphatic rings. The summed E-state index contributed by atoms with van der Waals surface area (Å²) in [4.78, 5) is 29.3. The molecule has 0 spiro atoms. The average Bonchev–Trinajstić information content (AvgIpc) is 3.73. The topological polar surface area (TPSA) is 276 Å². The van der Waals surface area contributed by atoms with Crippen LogP contribution in [0.5, 0.6) is 0 Å². The molecule has 0 aliphatic carbocycles. The third-order valence-electron chi connectivity index (χ3n) is 8.04. The van der Waals surface area contributed by atoms with Gasteiger partial charge in [0.05, 0.1) is 13.2 Å². The van der Waals surface area contributed by atoms with E-state index < -0.39 is 75.8 Å². The van der Waals surface area contributed by atoms with E-state index >= 15 is 0 Å². The van der Waals surface area contributed by atoms with E-state index in [1.807, 2.05) is 0 Å². The number of aliphatic hydroxyl groups excluding tert-OH is 5. The number of amides is 2. The van der Waals surface area contributed by atoms with Crippen LogP contribution in [0.3, 0.4) is 0 Å². The van der Waals surface area contributed by atoms with Gasteiger partial charge in [0.1, 0.15) is 49.3 Å². The summed E-state index contributed by atoms with van der Waals surface area (Å²) in [5.74, 6) is -1.98. The number of ether oxygens (including phenoxy) is 2. The minimum absolute atomic E-state index is 0.175. The van der Waals surface area contributed by atoms with Crippen LogP contribution >= 0.6 is 0 Å². The number of aromatic nitrogens is 6. The van der Waals surface area contributed by atoms with Gasteiger partial charge >= 0.3 is 0 Å². The van der Waals surface area contributed by atoms with Crippen LogP contribution < -0.4 is 11.5 Å². The molecule has 2 saturated heterocycles. The molecule has 8 atom stereocenters. The maximum absolute atomic E-state index is 11.2. The fourth-order valence-electron chi connectivity index (χ4n) is 5.93. The molecule has 18 nitrogen and oxygen atoms in total. The zero-order valence-corrected chi connectivity index (χ0v) is 26.5. The smallest absolute Gasteiger partial charge is 0.288 e. The van der Waals surface area contributed by atoms with Gasteiger partial charge in [-0.1, -0.05) is 41.5 Å². The fraction of sp³-hybridized carbons (Fsp3) is 0.760. The summed E-state index contributed by atoms with van der Waals surface area (Å²) in [5.41, 5.74) is 11.3. The Kier molecular flexibility index (Phi) is 11.7. The molecule has 0 bridgehead atoms. The predicted molar refractivity (Wildman–Crippen MR) is 153 cm³/mol. The number of primary amides is 2. The van der Waals surface area contributed by atoms with Crippen molar-refractivity contribution in [3.63, 3.8) is 0 Å². The number of carbonyl (C=O) groups is 2. The minimum atomic E-state index is -2.13. The van der Waals surface area contributed by atoms with Gasteiger partial charge in [-0.05, 0) is 16.6 Å². The Balaban J connectivity index is 0.000000266. The molecular weight excluding hydrogens is 600 g/mol. The van der Waals surface area contributed by atoms with E-state index in [0.29, 0.717) is 16.6 Å². The zero-order chi connectivity index (χ0) is 33.1. The van der Waals surface area contributed by atoms with Crippen LogP contribution in [0.25, 0.3) is 0 Å². The van der Waals surface area contributed by atoms with Crippen LogP contribution in [0.1, 0.15) is 75.2 Å². The largest absolute Gasteiger partial charge is 0.413 e. The van der Waals surface area contributed by atoms with Gasteiger partial charge in [0.15, 0.2) is 20.8 Å². The van der Waals surface area contributed by atoms with E-state index in [0.717, 1.165) is 11.0 Å². The number of aliphatic hydroxyl groups is 5. The zero-order valence-electron chi connectivity index (χ0n) is 25.5. The first-order chi connectivity index (χ1) is 20.6. The lowest BCUT2D eigenvalue weighted by atomic mass is 10.1. The van der Waals surface area contributed by atoms with Gasteiger partial charge < -0.3 is 50.9 Å². The maximum Gasteiger partial charge on any atom is 0.288 e. The lowest BCUT2D eigenvalue weighted by molar-refractivity contribution is -0.0588. The second kappa shape index (κ2) is 14.5. The highest BCUT2D eigenvalue weighted by Crippen LogP contribution is 2.43. The van der Waals surface area contributed by atoms with Gasteiger partial charge in [-0.25, -0.2) is 19.3 Å². The van der Waals surface area contributed by atoms with Crippen LogP contribution in [0.15, 0.2) is 12.7 Å². The maximum atomic E-state index is 11.2. The van der Waals surface area contributed by atoms with Crippen molar-refractivity contribution >= 4 is 20.1 Å². The first kappa shape index (κ1) is 35.6. The van der Waals surface area contributed by atoms with Crippen molar-refractivity contribution in [1.82, 2.24) is 29.5 Å². The van der Waals surface area contributed by atoms with E-state index in [4.69, 9.17) is 30.5 Å².